The Hall–Kier alpha value is -2.16. The van der Waals surface area contributed by atoms with E-state index in [4.69, 9.17) is 9.47 Å². The molecule has 0 heterocycles. The molecule has 0 aliphatic carbocycles. The van der Waals surface area contributed by atoms with Crippen molar-refractivity contribution < 1.29 is 9.47 Å². The smallest absolute Gasteiger partial charge is 0.161 e. The molecule has 0 aliphatic heterocycles. The third-order valence-electron chi connectivity index (χ3n) is 3.55. The van der Waals surface area contributed by atoms with E-state index in [1.165, 1.54) is 11.1 Å². The predicted octanol–water partition coefficient (Wildman–Crippen LogP) is 4.66. The van der Waals surface area contributed by atoms with Crippen LogP contribution in [0.5, 0.6) is 11.5 Å². The van der Waals surface area contributed by atoms with Gasteiger partial charge in [-0.05, 0) is 48.2 Å². The van der Waals surface area contributed by atoms with E-state index in [2.05, 4.69) is 49.5 Å². The maximum Gasteiger partial charge on any atom is 0.161 e. The lowest BCUT2D eigenvalue weighted by Gasteiger charge is -2.13. The number of rotatable bonds is 8. The van der Waals surface area contributed by atoms with E-state index in [0.717, 1.165) is 36.6 Å². The zero-order valence-corrected chi connectivity index (χ0v) is 13.7. The normalized spacial score (nSPS) is 10.3. The third kappa shape index (κ3) is 4.42. The van der Waals surface area contributed by atoms with Crippen LogP contribution >= 0.6 is 0 Å². The first-order chi connectivity index (χ1) is 10.8. The highest BCUT2D eigenvalue weighted by atomic mass is 16.5. The van der Waals surface area contributed by atoms with Gasteiger partial charge in [0.05, 0.1) is 13.7 Å². The summed E-state index contributed by atoms with van der Waals surface area (Å²) in [7, 11) is 1.67. The van der Waals surface area contributed by atoms with Crippen molar-refractivity contribution >= 4 is 5.69 Å². The number of ether oxygens (including phenoxy) is 2. The average molecular weight is 299 g/mol. The number of anilines is 1. The molecule has 3 heteroatoms. The lowest BCUT2D eigenvalue weighted by atomic mass is 10.1. The molecule has 0 saturated heterocycles. The summed E-state index contributed by atoms with van der Waals surface area (Å²) in [6, 6.07) is 14.6. The number of hydrogen-bond donors (Lipinski definition) is 1. The molecule has 2 aromatic rings. The summed E-state index contributed by atoms with van der Waals surface area (Å²) in [6.07, 6.45) is 2.05. The van der Waals surface area contributed by atoms with Gasteiger partial charge in [-0.15, -0.1) is 0 Å². The zero-order chi connectivity index (χ0) is 15.8. The first-order valence-corrected chi connectivity index (χ1v) is 7.89. The van der Waals surface area contributed by atoms with Crippen LogP contribution in [-0.2, 0) is 13.0 Å². The van der Waals surface area contributed by atoms with Gasteiger partial charge in [-0.2, -0.15) is 0 Å². The minimum absolute atomic E-state index is 0.700. The van der Waals surface area contributed by atoms with Gasteiger partial charge in [0.1, 0.15) is 0 Å². The number of benzene rings is 2. The second-order valence-electron chi connectivity index (χ2n) is 5.24. The monoisotopic (exact) mass is 299 g/mol. The highest BCUT2D eigenvalue weighted by Gasteiger charge is 2.05. The summed E-state index contributed by atoms with van der Waals surface area (Å²) in [6.45, 7) is 5.72. The summed E-state index contributed by atoms with van der Waals surface area (Å²) in [5, 5.41) is 3.44. The van der Waals surface area contributed by atoms with E-state index in [9.17, 15) is 0 Å². The molecule has 0 aromatic heterocycles. The van der Waals surface area contributed by atoms with Crippen molar-refractivity contribution in [2.45, 2.75) is 33.2 Å². The van der Waals surface area contributed by atoms with Crippen LogP contribution in [0.15, 0.2) is 42.5 Å². The van der Waals surface area contributed by atoms with Gasteiger partial charge in [0.25, 0.3) is 0 Å². The number of nitrogens with one attached hydrogen (secondary N) is 1. The Balaban J connectivity index is 2.02. The Morgan fingerprint density at radius 2 is 1.64 bits per heavy atom. The molecule has 0 amide bonds. The van der Waals surface area contributed by atoms with Crippen molar-refractivity contribution in [3.05, 3.63) is 53.6 Å². The van der Waals surface area contributed by atoms with Crippen molar-refractivity contribution in [1.82, 2.24) is 0 Å². The lowest BCUT2D eigenvalue weighted by molar-refractivity contribution is 0.294. The molecule has 0 bridgehead atoms. The van der Waals surface area contributed by atoms with Crippen molar-refractivity contribution in [2.75, 3.05) is 19.0 Å². The van der Waals surface area contributed by atoms with Crippen LogP contribution in [0.4, 0.5) is 5.69 Å². The number of methoxy groups -OCH3 is 1. The Morgan fingerprint density at radius 3 is 2.27 bits per heavy atom. The van der Waals surface area contributed by atoms with Crippen molar-refractivity contribution in [1.29, 1.82) is 0 Å². The first-order valence-electron chi connectivity index (χ1n) is 7.89. The van der Waals surface area contributed by atoms with Crippen LogP contribution in [0.3, 0.4) is 0 Å². The summed E-state index contributed by atoms with van der Waals surface area (Å²) in [5.74, 6) is 1.59. The van der Waals surface area contributed by atoms with E-state index in [-0.39, 0.29) is 0 Å². The molecule has 0 spiro atoms. The van der Waals surface area contributed by atoms with Gasteiger partial charge in [0.15, 0.2) is 11.5 Å². The summed E-state index contributed by atoms with van der Waals surface area (Å²) < 4.78 is 11.1. The van der Waals surface area contributed by atoms with Crippen molar-refractivity contribution in [3.63, 3.8) is 0 Å². The minimum atomic E-state index is 0.700. The van der Waals surface area contributed by atoms with Crippen molar-refractivity contribution in [3.8, 4) is 11.5 Å². The van der Waals surface area contributed by atoms with Gasteiger partial charge in [0, 0.05) is 12.2 Å². The zero-order valence-electron chi connectivity index (χ0n) is 13.7. The molecule has 0 saturated carbocycles. The quantitative estimate of drug-likeness (QED) is 0.769. The molecule has 2 aromatic carbocycles. The Bertz CT molecular complexity index is 578. The number of aryl methyl sites for hydroxylation is 1. The Labute approximate surface area is 133 Å². The van der Waals surface area contributed by atoms with Crippen molar-refractivity contribution in [2.24, 2.45) is 0 Å². The van der Waals surface area contributed by atoms with Crippen LogP contribution in [0.2, 0.25) is 0 Å². The van der Waals surface area contributed by atoms with E-state index >= 15 is 0 Å². The predicted molar refractivity (Wildman–Crippen MR) is 91.9 cm³/mol. The van der Waals surface area contributed by atoms with Gasteiger partial charge in [0.2, 0.25) is 0 Å². The molecule has 118 valence electrons. The van der Waals surface area contributed by atoms with Gasteiger partial charge in [-0.1, -0.05) is 32.0 Å². The molecular weight excluding hydrogens is 274 g/mol. The van der Waals surface area contributed by atoms with Gasteiger partial charge in [-0.25, -0.2) is 0 Å². The van der Waals surface area contributed by atoms with Crippen LogP contribution in [0.1, 0.15) is 31.4 Å². The molecule has 0 aliphatic rings. The highest BCUT2D eigenvalue weighted by molar-refractivity contribution is 5.47. The average Bonchev–Trinajstić information content (AvgIpc) is 2.58. The molecule has 0 fully saturated rings. The SMILES string of the molecule is CCCOc1cc(CNc2ccc(CC)cc2)ccc1OC. The molecule has 0 atom stereocenters. The van der Waals surface area contributed by atoms with E-state index < -0.39 is 0 Å². The summed E-state index contributed by atoms with van der Waals surface area (Å²) >= 11 is 0. The van der Waals surface area contributed by atoms with Gasteiger partial charge < -0.3 is 14.8 Å². The Morgan fingerprint density at radius 1 is 0.909 bits per heavy atom. The standard InChI is InChI=1S/C19H25NO2/c1-4-12-22-19-13-16(8-11-18(19)21-3)14-20-17-9-6-15(5-2)7-10-17/h6-11,13,20H,4-5,12,14H2,1-3H3. The van der Waals surface area contributed by atoms with Crippen LogP contribution in [-0.4, -0.2) is 13.7 Å². The van der Waals surface area contributed by atoms with Crippen LogP contribution in [0.25, 0.3) is 0 Å². The van der Waals surface area contributed by atoms with Crippen LogP contribution < -0.4 is 14.8 Å². The fourth-order valence-corrected chi connectivity index (χ4v) is 2.22. The maximum absolute atomic E-state index is 5.75. The highest BCUT2D eigenvalue weighted by Crippen LogP contribution is 2.28. The molecule has 0 radical (unpaired) electrons. The second kappa shape index (κ2) is 8.32. The molecule has 22 heavy (non-hydrogen) atoms. The Kier molecular flexibility index (Phi) is 6.13. The summed E-state index contributed by atoms with van der Waals surface area (Å²) in [4.78, 5) is 0. The first kappa shape index (κ1) is 16.2. The largest absolute Gasteiger partial charge is 0.493 e. The number of hydrogen-bond acceptors (Lipinski definition) is 3. The third-order valence-corrected chi connectivity index (χ3v) is 3.55. The minimum Gasteiger partial charge on any atom is -0.493 e. The van der Waals surface area contributed by atoms with E-state index in [1.807, 2.05) is 12.1 Å². The maximum atomic E-state index is 5.75. The summed E-state index contributed by atoms with van der Waals surface area (Å²) in [5.41, 5.74) is 3.65. The van der Waals surface area contributed by atoms with E-state index in [1.54, 1.807) is 7.11 Å². The topological polar surface area (TPSA) is 30.5 Å². The molecule has 3 nitrogen and oxygen atoms in total. The molecule has 0 unspecified atom stereocenters. The fourth-order valence-electron chi connectivity index (χ4n) is 2.22. The second-order valence-corrected chi connectivity index (χ2v) is 5.24. The van der Waals surface area contributed by atoms with Crippen LogP contribution in [0, 0.1) is 0 Å². The fraction of sp³-hybridized carbons (Fsp3) is 0.368. The molecular formula is C19H25NO2. The molecule has 2 rings (SSSR count). The van der Waals surface area contributed by atoms with Gasteiger partial charge >= 0.3 is 0 Å². The lowest BCUT2D eigenvalue weighted by Crippen LogP contribution is -2.02. The molecule has 1 N–H and O–H groups in total. The van der Waals surface area contributed by atoms with Gasteiger partial charge in [-0.3, -0.25) is 0 Å². The van der Waals surface area contributed by atoms with E-state index in [0.29, 0.717) is 6.61 Å².